The number of methoxy groups -OCH3 is 3. The summed E-state index contributed by atoms with van der Waals surface area (Å²) in [6.45, 7) is 0. The fourth-order valence-corrected chi connectivity index (χ4v) is 2.86. The predicted molar refractivity (Wildman–Crippen MR) is 112 cm³/mol. The summed E-state index contributed by atoms with van der Waals surface area (Å²) in [6.07, 6.45) is 2.69. The number of carbonyl (C=O) groups is 2. The van der Waals surface area contributed by atoms with Crippen molar-refractivity contribution < 1.29 is 23.8 Å². The zero-order chi connectivity index (χ0) is 22.3. The maximum atomic E-state index is 12.2. The second-order valence-corrected chi connectivity index (χ2v) is 6.56. The Bertz CT molecular complexity index is 893. The standard InChI is InChI=1S/C20H27N5O5/c1-25(17(27)7-5-6-16(21)26)20-23-11-13(19(22)24-20)8-12-9-14(28-2)18(30-4)15(10-12)29-3/h9-11H,5-8H2,1-4H3,(H2,21,26)(H2,22,23,24). The minimum atomic E-state index is -0.443. The van der Waals surface area contributed by atoms with Crippen molar-refractivity contribution in [2.75, 3.05) is 39.0 Å². The summed E-state index contributed by atoms with van der Waals surface area (Å²) >= 11 is 0. The number of nitrogens with two attached hydrogens (primary N) is 2. The lowest BCUT2D eigenvalue weighted by Crippen LogP contribution is -2.28. The summed E-state index contributed by atoms with van der Waals surface area (Å²) in [5.74, 6) is 1.33. The Balaban J connectivity index is 2.18. The average Bonchev–Trinajstić information content (AvgIpc) is 2.73. The van der Waals surface area contributed by atoms with Crippen LogP contribution in [0.1, 0.15) is 30.4 Å². The van der Waals surface area contributed by atoms with Gasteiger partial charge in [0, 0.05) is 38.1 Å². The Hall–Kier alpha value is -3.56. The monoisotopic (exact) mass is 417 g/mol. The van der Waals surface area contributed by atoms with Gasteiger partial charge in [-0.05, 0) is 24.1 Å². The molecule has 1 heterocycles. The smallest absolute Gasteiger partial charge is 0.233 e. The van der Waals surface area contributed by atoms with Crippen LogP contribution < -0.4 is 30.6 Å². The second-order valence-electron chi connectivity index (χ2n) is 6.56. The van der Waals surface area contributed by atoms with Gasteiger partial charge in [0.2, 0.25) is 23.5 Å². The number of hydrogen-bond acceptors (Lipinski definition) is 8. The minimum absolute atomic E-state index is 0.149. The van der Waals surface area contributed by atoms with Crippen molar-refractivity contribution in [2.24, 2.45) is 5.73 Å². The average molecular weight is 417 g/mol. The molecule has 0 atom stereocenters. The van der Waals surface area contributed by atoms with Crippen LogP contribution in [0.15, 0.2) is 18.3 Å². The number of rotatable bonds is 10. The molecular weight excluding hydrogens is 390 g/mol. The van der Waals surface area contributed by atoms with E-state index in [2.05, 4.69) is 9.97 Å². The fraction of sp³-hybridized carbons (Fsp3) is 0.400. The molecule has 2 aromatic rings. The van der Waals surface area contributed by atoms with Crippen molar-refractivity contribution in [1.82, 2.24) is 9.97 Å². The number of anilines is 2. The van der Waals surface area contributed by atoms with E-state index in [1.807, 2.05) is 12.1 Å². The Morgan fingerprint density at radius 1 is 1.07 bits per heavy atom. The first-order chi connectivity index (χ1) is 14.3. The summed E-state index contributed by atoms with van der Waals surface area (Å²) in [7, 11) is 6.18. The first kappa shape index (κ1) is 22.7. The van der Waals surface area contributed by atoms with Gasteiger partial charge in [0.25, 0.3) is 0 Å². The molecule has 2 amide bonds. The largest absolute Gasteiger partial charge is 0.493 e. The fourth-order valence-electron chi connectivity index (χ4n) is 2.86. The molecule has 0 fully saturated rings. The van der Waals surface area contributed by atoms with Gasteiger partial charge in [0.15, 0.2) is 11.5 Å². The van der Waals surface area contributed by atoms with Gasteiger partial charge in [-0.25, -0.2) is 4.98 Å². The Morgan fingerprint density at radius 2 is 1.70 bits per heavy atom. The van der Waals surface area contributed by atoms with Crippen LogP contribution in [-0.2, 0) is 16.0 Å². The Labute approximate surface area is 175 Å². The van der Waals surface area contributed by atoms with Crippen molar-refractivity contribution in [3.63, 3.8) is 0 Å². The van der Waals surface area contributed by atoms with E-state index in [0.717, 1.165) is 5.56 Å². The van der Waals surface area contributed by atoms with Gasteiger partial charge < -0.3 is 25.7 Å². The van der Waals surface area contributed by atoms with E-state index in [1.165, 1.54) is 12.0 Å². The van der Waals surface area contributed by atoms with E-state index in [0.29, 0.717) is 35.7 Å². The zero-order valence-corrected chi connectivity index (χ0v) is 17.6. The number of carbonyl (C=O) groups excluding carboxylic acids is 2. The van der Waals surface area contributed by atoms with Crippen LogP contribution in [0.25, 0.3) is 0 Å². The van der Waals surface area contributed by atoms with Gasteiger partial charge in [-0.3, -0.25) is 14.5 Å². The van der Waals surface area contributed by atoms with Crippen LogP contribution in [0.2, 0.25) is 0 Å². The molecule has 0 bridgehead atoms. The third-order valence-corrected chi connectivity index (χ3v) is 4.49. The summed E-state index contributed by atoms with van der Waals surface area (Å²) in [5, 5.41) is 0. The molecule has 0 radical (unpaired) electrons. The third-order valence-electron chi connectivity index (χ3n) is 4.49. The number of nitrogens with zero attached hydrogens (tertiary/aromatic N) is 3. The topological polar surface area (TPSA) is 143 Å². The number of hydrogen-bond donors (Lipinski definition) is 2. The van der Waals surface area contributed by atoms with E-state index < -0.39 is 5.91 Å². The first-order valence-corrected chi connectivity index (χ1v) is 9.25. The molecule has 1 aromatic heterocycles. The van der Waals surface area contributed by atoms with E-state index in [1.54, 1.807) is 27.5 Å². The molecule has 1 aromatic carbocycles. The van der Waals surface area contributed by atoms with Gasteiger partial charge in [-0.1, -0.05) is 0 Å². The lowest BCUT2D eigenvalue weighted by Gasteiger charge is -2.17. The number of primary amides is 1. The lowest BCUT2D eigenvalue weighted by molar-refractivity contribution is -0.119. The van der Waals surface area contributed by atoms with Gasteiger partial charge >= 0.3 is 0 Å². The van der Waals surface area contributed by atoms with E-state index >= 15 is 0 Å². The molecule has 0 unspecified atom stereocenters. The van der Waals surface area contributed by atoms with Gasteiger partial charge in [-0.15, -0.1) is 0 Å². The quantitative estimate of drug-likeness (QED) is 0.589. The highest BCUT2D eigenvalue weighted by Crippen LogP contribution is 2.38. The number of aromatic nitrogens is 2. The van der Waals surface area contributed by atoms with Crippen LogP contribution in [0, 0.1) is 0 Å². The van der Waals surface area contributed by atoms with Crippen molar-refractivity contribution in [2.45, 2.75) is 25.7 Å². The van der Waals surface area contributed by atoms with Crippen molar-refractivity contribution in [1.29, 1.82) is 0 Å². The third kappa shape index (κ3) is 5.49. The molecule has 0 aliphatic carbocycles. The van der Waals surface area contributed by atoms with Crippen LogP contribution in [-0.4, -0.2) is 50.2 Å². The normalized spacial score (nSPS) is 10.4. The second kappa shape index (κ2) is 10.3. The van der Waals surface area contributed by atoms with Crippen LogP contribution >= 0.6 is 0 Å². The number of benzene rings is 1. The van der Waals surface area contributed by atoms with Crippen molar-refractivity contribution in [3.8, 4) is 17.2 Å². The molecule has 162 valence electrons. The molecule has 4 N–H and O–H groups in total. The van der Waals surface area contributed by atoms with Gasteiger partial charge in [0.1, 0.15) is 5.82 Å². The highest BCUT2D eigenvalue weighted by atomic mass is 16.5. The maximum absolute atomic E-state index is 12.2. The minimum Gasteiger partial charge on any atom is -0.493 e. The van der Waals surface area contributed by atoms with E-state index in [-0.39, 0.29) is 30.5 Å². The summed E-state index contributed by atoms with van der Waals surface area (Å²) in [5.41, 5.74) is 12.7. The maximum Gasteiger partial charge on any atom is 0.233 e. The van der Waals surface area contributed by atoms with E-state index in [4.69, 9.17) is 25.7 Å². The molecule has 2 rings (SSSR count). The molecular formula is C20H27N5O5. The Kier molecular flexibility index (Phi) is 7.79. The van der Waals surface area contributed by atoms with Crippen molar-refractivity contribution in [3.05, 3.63) is 29.5 Å². The highest BCUT2D eigenvalue weighted by molar-refractivity contribution is 5.91. The molecule has 0 aliphatic heterocycles. The molecule has 0 aliphatic rings. The van der Waals surface area contributed by atoms with Gasteiger partial charge in [0.05, 0.1) is 21.3 Å². The number of ether oxygens (including phenoxy) is 3. The SMILES string of the molecule is COc1cc(Cc2cnc(N(C)C(=O)CCCC(N)=O)nc2N)cc(OC)c1OC. The van der Waals surface area contributed by atoms with Crippen molar-refractivity contribution >= 4 is 23.6 Å². The molecule has 0 saturated carbocycles. The van der Waals surface area contributed by atoms with Crippen LogP contribution in [0.5, 0.6) is 17.2 Å². The zero-order valence-electron chi connectivity index (χ0n) is 17.6. The van der Waals surface area contributed by atoms with Gasteiger partial charge in [-0.2, -0.15) is 4.98 Å². The number of nitrogen functional groups attached to an aromatic ring is 1. The molecule has 30 heavy (non-hydrogen) atoms. The first-order valence-electron chi connectivity index (χ1n) is 9.25. The summed E-state index contributed by atoms with van der Waals surface area (Å²) < 4.78 is 16.1. The predicted octanol–water partition coefficient (Wildman–Crippen LogP) is 1.29. The molecule has 0 saturated heterocycles. The highest BCUT2D eigenvalue weighted by Gasteiger charge is 2.17. The summed E-state index contributed by atoms with van der Waals surface area (Å²) in [6, 6.07) is 3.65. The molecule has 10 nitrogen and oxygen atoms in total. The number of amides is 2. The Morgan fingerprint density at radius 3 is 2.20 bits per heavy atom. The van der Waals surface area contributed by atoms with E-state index in [9.17, 15) is 9.59 Å². The summed E-state index contributed by atoms with van der Waals surface area (Å²) in [4.78, 5) is 32.8. The van der Waals surface area contributed by atoms with Crippen LogP contribution in [0.4, 0.5) is 11.8 Å². The molecule has 10 heteroatoms. The lowest BCUT2D eigenvalue weighted by atomic mass is 10.1. The molecule has 0 spiro atoms. The van der Waals surface area contributed by atoms with Crippen LogP contribution in [0.3, 0.4) is 0 Å².